The first-order chi connectivity index (χ1) is 9.62. The van der Waals surface area contributed by atoms with Gasteiger partial charge < -0.3 is 15.7 Å². The number of hydrogen-bond donors (Lipinski definition) is 3. The first-order valence-electron chi connectivity index (χ1n) is 6.68. The Morgan fingerprint density at radius 2 is 2.00 bits per heavy atom. The Balaban J connectivity index is 2.34. The molecule has 0 aromatic carbocycles. The summed E-state index contributed by atoms with van der Waals surface area (Å²) >= 11 is 0. The highest BCUT2D eigenvalue weighted by Crippen LogP contribution is 2.35. The van der Waals surface area contributed by atoms with Crippen molar-refractivity contribution in [1.29, 1.82) is 0 Å². The van der Waals surface area contributed by atoms with Crippen molar-refractivity contribution in [2.75, 3.05) is 24.3 Å². The minimum absolute atomic E-state index is 0.0664. The molecule has 1 aromatic rings. The predicted octanol–water partition coefficient (Wildman–Crippen LogP) is 1.53. The Morgan fingerprint density at radius 1 is 1.35 bits per heavy atom. The summed E-state index contributed by atoms with van der Waals surface area (Å²) < 4.78 is 0. The molecule has 1 aliphatic carbocycles. The van der Waals surface area contributed by atoms with Crippen LogP contribution in [-0.4, -0.2) is 39.2 Å². The average molecular weight is 281 g/mol. The third-order valence-electron chi connectivity index (χ3n) is 3.74. The maximum absolute atomic E-state index is 11.2. The third-order valence-corrected chi connectivity index (χ3v) is 3.74. The smallest absolute Gasteiger partial charge is 0.353 e. The summed E-state index contributed by atoms with van der Waals surface area (Å²) in [7, 11) is 1.57. The highest BCUT2D eigenvalue weighted by atomic mass is 16.6. The number of aromatic nitrogens is 2. The van der Waals surface area contributed by atoms with Gasteiger partial charge in [0.15, 0.2) is 0 Å². The summed E-state index contributed by atoms with van der Waals surface area (Å²) in [5.74, 6) is 0.321. The van der Waals surface area contributed by atoms with Gasteiger partial charge in [0.1, 0.15) is 6.33 Å². The number of nitro groups is 1. The van der Waals surface area contributed by atoms with E-state index in [0.29, 0.717) is 0 Å². The molecular formula is C12H19N5O3. The highest BCUT2D eigenvalue weighted by Gasteiger charge is 2.34. The van der Waals surface area contributed by atoms with Gasteiger partial charge >= 0.3 is 5.69 Å². The Kier molecular flexibility index (Phi) is 4.33. The van der Waals surface area contributed by atoms with Gasteiger partial charge in [0.2, 0.25) is 11.6 Å². The molecule has 8 heteroatoms. The van der Waals surface area contributed by atoms with Crippen LogP contribution in [0.3, 0.4) is 0 Å². The topological polar surface area (TPSA) is 113 Å². The molecule has 1 heterocycles. The molecule has 0 unspecified atom stereocenters. The van der Waals surface area contributed by atoms with E-state index in [1.807, 2.05) is 0 Å². The average Bonchev–Trinajstić information content (AvgIpc) is 2.47. The summed E-state index contributed by atoms with van der Waals surface area (Å²) in [6, 6.07) is 0. The first kappa shape index (κ1) is 14.4. The van der Waals surface area contributed by atoms with E-state index in [1.54, 1.807) is 7.05 Å². The van der Waals surface area contributed by atoms with Crippen molar-refractivity contribution >= 4 is 17.3 Å². The molecule has 0 saturated heterocycles. The van der Waals surface area contributed by atoms with Crippen molar-refractivity contribution in [2.45, 2.75) is 37.6 Å². The molecule has 3 N–H and O–H groups in total. The van der Waals surface area contributed by atoms with Crippen LogP contribution in [0.2, 0.25) is 0 Å². The number of aliphatic hydroxyl groups excluding tert-OH is 1. The molecule has 0 atom stereocenters. The zero-order valence-corrected chi connectivity index (χ0v) is 11.4. The fourth-order valence-corrected chi connectivity index (χ4v) is 2.63. The lowest BCUT2D eigenvalue weighted by molar-refractivity contribution is -0.383. The van der Waals surface area contributed by atoms with Crippen LogP contribution >= 0.6 is 0 Å². The van der Waals surface area contributed by atoms with E-state index in [-0.39, 0.29) is 23.9 Å². The molecule has 2 rings (SSSR count). The monoisotopic (exact) mass is 281 g/mol. The van der Waals surface area contributed by atoms with Gasteiger partial charge in [0.25, 0.3) is 0 Å². The van der Waals surface area contributed by atoms with Gasteiger partial charge in [-0.3, -0.25) is 10.1 Å². The molecule has 0 spiro atoms. The summed E-state index contributed by atoms with van der Waals surface area (Å²) in [5.41, 5.74) is -0.712. The van der Waals surface area contributed by atoms with Gasteiger partial charge in [-0.15, -0.1) is 0 Å². The van der Waals surface area contributed by atoms with Crippen molar-refractivity contribution in [3.05, 3.63) is 16.4 Å². The molecule has 0 aliphatic heterocycles. The normalized spacial score (nSPS) is 17.5. The van der Waals surface area contributed by atoms with Crippen molar-refractivity contribution in [3.8, 4) is 0 Å². The van der Waals surface area contributed by atoms with E-state index in [1.165, 1.54) is 6.33 Å². The molecule has 1 aromatic heterocycles. The van der Waals surface area contributed by atoms with E-state index >= 15 is 0 Å². The van der Waals surface area contributed by atoms with Gasteiger partial charge in [0, 0.05) is 7.05 Å². The van der Waals surface area contributed by atoms with E-state index in [2.05, 4.69) is 20.6 Å². The molecule has 0 radical (unpaired) electrons. The molecule has 1 fully saturated rings. The molecule has 110 valence electrons. The fourth-order valence-electron chi connectivity index (χ4n) is 2.63. The Bertz CT molecular complexity index is 488. The van der Waals surface area contributed by atoms with Crippen molar-refractivity contribution < 1.29 is 10.0 Å². The van der Waals surface area contributed by atoms with Gasteiger partial charge in [-0.05, 0) is 12.8 Å². The number of aliphatic hydroxyl groups is 1. The summed E-state index contributed by atoms with van der Waals surface area (Å²) in [4.78, 5) is 18.5. The second kappa shape index (κ2) is 6.00. The fraction of sp³-hybridized carbons (Fsp3) is 0.667. The minimum atomic E-state index is -0.525. The molecule has 8 nitrogen and oxygen atoms in total. The van der Waals surface area contributed by atoms with Gasteiger partial charge in [0.05, 0.1) is 17.1 Å². The van der Waals surface area contributed by atoms with Crippen LogP contribution in [0.1, 0.15) is 32.1 Å². The SMILES string of the molecule is CNc1ncnc(NC2(CO)CCCCC2)c1[N+](=O)[O-]. The van der Waals surface area contributed by atoms with Crippen LogP contribution in [0, 0.1) is 10.1 Å². The lowest BCUT2D eigenvalue weighted by atomic mass is 9.82. The summed E-state index contributed by atoms with van der Waals surface area (Å²) in [5, 5.41) is 26.7. The Labute approximate surface area is 116 Å². The van der Waals surface area contributed by atoms with Crippen LogP contribution in [-0.2, 0) is 0 Å². The lowest BCUT2D eigenvalue weighted by Gasteiger charge is -2.36. The maximum Gasteiger partial charge on any atom is 0.353 e. The van der Waals surface area contributed by atoms with E-state index in [9.17, 15) is 15.2 Å². The van der Waals surface area contributed by atoms with E-state index < -0.39 is 10.5 Å². The molecular weight excluding hydrogens is 262 g/mol. The van der Waals surface area contributed by atoms with Crippen LogP contribution in [0.25, 0.3) is 0 Å². The summed E-state index contributed by atoms with van der Waals surface area (Å²) in [6.07, 6.45) is 5.93. The molecule has 0 bridgehead atoms. The largest absolute Gasteiger partial charge is 0.394 e. The molecule has 0 amide bonds. The minimum Gasteiger partial charge on any atom is -0.394 e. The van der Waals surface area contributed by atoms with Crippen LogP contribution in [0.5, 0.6) is 0 Å². The molecule has 20 heavy (non-hydrogen) atoms. The molecule has 1 aliphatic rings. The standard InChI is InChI=1S/C12H19N5O3/c1-13-10-9(17(19)20)11(15-8-14-10)16-12(7-18)5-3-2-4-6-12/h8,18H,2-7H2,1H3,(H2,13,14,15,16). The Hall–Kier alpha value is -1.96. The van der Waals surface area contributed by atoms with Crippen molar-refractivity contribution in [2.24, 2.45) is 0 Å². The number of anilines is 2. The quantitative estimate of drug-likeness (QED) is 0.554. The van der Waals surface area contributed by atoms with Gasteiger partial charge in [-0.25, -0.2) is 9.97 Å². The number of hydrogen-bond acceptors (Lipinski definition) is 7. The van der Waals surface area contributed by atoms with Crippen molar-refractivity contribution in [1.82, 2.24) is 9.97 Å². The van der Waals surface area contributed by atoms with E-state index in [0.717, 1.165) is 32.1 Å². The van der Waals surface area contributed by atoms with Gasteiger partial charge in [-0.2, -0.15) is 0 Å². The van der Waals surface area contributed by atoms with Crippen LogP contribution < -0.4 is 10.6 Å². The first-order valence-corrected chi connectivity index (χ1v) is 6.68. The van der Waals surface area contributed by atoms with Crippen molar-refractivity contribution in [3.63, 3.8) is 0 Å². The molecule has 1 saturated carbocycles. The second-order valence-electron chi connectivity index (χ2n) is 5.05. The zero-order chi connectivity index (χ0) is 14.6. The Morgan fingerprint density at radius 3 is 2.55 bits per heavy atom. The second-order valence-corrected chi connectivity index (χ2v) is 5.05. The summed E-state index contributed by atoms with van der Waals surface area (Å²) in [6.45, 7) is -0.0664. The zero-order valence-electron chi connectivity index (χ0n) is 11.4. The van der Waals surface area contributed by atoms with E-state index in [4.69, 9.17) is 0 Å². The number of nitrogens with zero attached hydrogens (tertiary/aromatic N) is 3. The number of rotatable bonds is 5. The van der Waals surface area contributed by atoms with Crippen LogP contribution in [0.15, 0.2) is 6.33 Å². The highest BCUT2D eigenvalue weighted by molar-refractivity contribution is 5.69. The lowest BCUT2D eigenvalue weighted by Crippen LogP contribution is -2.44. The maximum atomic E-state index is 11.2. The third kappa shape index (κ3) is 2.79. The number of nitrogens with one attached hydrogen (secondary N) is 2. The van der Waals surface area contributed by atoms with Gasteiger partial charge in [-0.1, -0.05) is 19.3 Å². The van der Waals surface area contributed by atoms with Crippen LogP contribution in [0.4, 0.5) is 17.3 Å². The predicted molar refractivity (Wildman–Crippen MR) is 74.8 cm³/mol.